The van der Waals surface area contributed by atoms with E-state index in [2.05, 4.69) is 6.07 Å². The van der Waals surface area contributed by atoms with Crippen molar-refractivity contribution in [3.8, 4) is 6.07 Å². The molecule has 0 aliphatic carbocycles. The predicted molar refractivity (Wildman–Crippen MR) is 94.4 cm³/mol. The number of hydrogen-bond acceptors (Lipinski definition) is 3. The van der Waals surface area contributed by atoms with Gasteiger partial charge in [0, 0.05) is 12.3 Å². The number of hydrogen-bond donors (Lipinski definition) is 0. The predicted octanol–water partition coefficient (Wildman–Crippen LogP) is 4.81. The summed E-state index contributed by atoms with van der Waals surface area (Å²) < 4.78 is 5.65. The Morgan fingerprint density at radius 2 is 1.50 bits per heavy atom. The first-order chi connectivity index (χ1) is 11.4. The molecule has 2 aromatic carbocycles. The third-order valence-corrected chi connectivity index (χ3v) is 3.76. The summed E-state index contributed by atoms with van der Waals surface area (Å²) in [5.41, 5.74) is 1.27. The molecule has 0 radical (unpaired) electrons. The van der Waals surface area contributed by atoms with Crippen LogP contribution in [-0.4, -0.2) is 11.6 Å². The van der Waals surface area contributed by atoms with Crippen LogP contribution in [0.2, 0.25) is 0 Å². The highest BCUT2D eigenvalue weighted by atomic mass is 16.6. The minimum absolute atomic E-state index is 0.242. The van der Waals surface area contributed by atoms with Crippen molar-refractivity contribution in [1.82, 2.24) is 0 Å². The van der Waals surface area contributed by atoms with Gasteiger partial charge >= 0.3 is 5.97 Å². The van der Waals surface area contributed by atoms with E-state index in [1.54, 1.807) is 0 Å². The number of carbonyl (C=O) groups excluding carboxylic acids is 1. The number of esters is 1. The topological polar surface area (TPSA) is 50.1 Å². The zero-order chi connectivity index (χ0) is 17.6. The zero-order valence-corrected chi connectivity index (χ0v) is 14.4. The van der Waals surface area contributed by atoms with E-state index < -0.39 is 11.5 Å². The number of ether oxygens (including phenoxy) is 1. The van der Waals surface area contributed by atoms with Crippen LogP contribution in [0.15, 0.2) is 60.7 Å². The van der Waals surface area contributed by atoms with E-state index in [1.165, 1.54) is 0 Å². The van der Waals surface area contributed by atoms with Crippen molar-refractivity contribution in [3.05, 3.63) is 71.8 Å². The van der Waals surface area contributed by atoms with Crippen molar-refractivity contribution < 1.29 is 9.53 Å². The SMILES string of the molecule is CC(C)(C)OC(=O)[C@@H](c1ccccc1)[C@@H](CC#N)c1ccccc1. The molecule has 0 heterocycles. The highest BCUT2D eigenvalue weighted by molar-refractivity contribution is 5.80. The van der Waals surface area contributed by atoms with Crippen LogP contribution in [0.3, 0.4) is 0 Å². The summed E-state index contributed by atoms with van der Waals surface area (Å²) >= 11 is 0. The molecule has 0 amide bonds. The van der Waals surface area contributed by atoms with E-state index in [0.29, 0.717) is 0 Å². The minimum Gasteiger partial charge on any atom is -0.459 e. The van der Waals surface area contributed by atoms with E-state index in [-0.39, 0.29) is 18.3 Å². The molecule has 0 aliphatic rings. The summed E-state index contributed by atoms with van der Waals surface area (Å²) in [6.45, 7) is 5.57. The van der Waals surface area contributed by atoms with E-state index >= 15 is 0 Å². The fourth-order valence-electron chi connectivity index (χ4n) is 2.79. The number of benzene rings is 2. The summed E-state index contributed by atoms with van der Waals surface area (Å²) in [6.07, 6.45) is 0.253. The average molecular weight is 321 g/mol. The molecule has 2 aromatic rings. The molecular formula is C21H23NO2. The van der Waals surface area contributed by atoms with Crippen molar-refractivity contribution >= 4 is 5.97 Å². The van der Waals surface area contributed by atoms with Crippen molar-refractivity contribution in [2.75, 3.05) is 0 Å². The summed E-state index contributed by atoms with van der Waals surface area (Å²) in [5, 5.41) is 9.31. The lowest BCUT2D eigenvalue weighted by atomic mass is 9.79. The molecule has 0 saturated heterocycles. The molecule has 0 aromatic heterocycles. The monoisotopic (exact) mass is 321 g/mol. The number of nitriles is 1. The van der Waals surface area contributed by atoms with Crippen LogP contribution >= 0.6 is 0 Å². The van der Waals surface area contributed by atoms with Gasteiger partial charge in [0.15, 0.2) is 0 Å². The zero-order valence-electron chi connectivity index (χ0n) is 14.4. The van der Waals surface area contributed by atoms with Crippen LogP contribution in [0.25, 0.3) is 0 Å². The maximum absolute atomic E-state index is 12.9. The molecule has 0 saturated carbocycles. The molecule has 24 heavy (non-hydrogen) atoms. The standard InChI is InChI=1S/C21H23NO2/c1-21(2,3)24-20(23)19(17-12-8-5-9-13-17)18(14-15-22)16-10-6-4-7-11-16/h4-13,18-19H,14H2,1-3H3/t18-,19-/m0/s1. The Morgan fingerprint density at radius 1 is 1.00 bits per heavy atom. The van der Waals surface area contributed by atoms with Gasteiger partial charge in [0.05, 0.1) is 12.0 Å². The highest BCUT2D eigenvalue weighted by Gasteiger charge is 2.34. The molecule has 0 spiro atoms. The normalized spacial score (nSPS) is 13.6. The Morgan fingerprint density at radius 3 is 1.96 bits per heavy atom. The first-order valence-corrected chi connectivity index (χ1v) is 8.12. The molecule has 2 rings (SSSR count). The smallest absolute Gasteiger partial charge is 0.314 e. The number of rotatable bonds is 5. The van der Waals surface area contributed by atoms with Gasteiger partial charge in [0.1, 0.15) is 5.60 Å². The van der Waals surface area contributed by atoms with E-state index in [0.717, 1.165) is 11.1 Å². The minimum atomic E-state index is -0.571. The second kappa shape index (κ2) is 7.79. The largest absolute Gasteiger partial charge is 0.459 e. The van der Waals surface area contributed by atoms with Gasteiger partial charge in [0.25, 0.3) is 0 Å². The molecule has 0 bridgehead atoms. The third-order valence-electron chi connectivity index (χ3n) is 3.76. The summed E-state index contributed by atoms with van der Waals surface area (Å²) in [7, 11) is 0. The van der Waals surface area contributed by atoms with Gasteiger partial charge < -0.3 is 4.74 Å². The fourth-order valence-corrected chi connectivity index (χ4v) is 2.79. The van der Waals surface area contributed by atoms with Gasteiger partial charge in [-0.3, -0.25) is 4.79 Å². The third kappa shape index (κ3) is 4.70. The maximum atomic E-state index is 12.9. The lowest BCUT2D eigenvalue weighted by Gasteiger charge is -2.29. The molecule has 3 heteroatoms. The van der Waals surface area contributed by atoms with Gasteiger partial charge in [-0.1, -0.05) is 60.7 Å². The first kappa shape index (κ1) is 17.7. The molecule has 2 atom stereocenters. The van der Waals surface area contributed by atoms with Gasteiger partial charge in [-0.2, -0.15) is 5.26 Å². The molecule has 0 aliphatic heterocycles. The highest BCUT2D eigenvalue weighted by Crippen LogP contribution is 2.37. The molecular weight excluding hydrogens is 298 g/mol. The maximum Gasteiger partial charge on any atom is 0.314 e. The number of nitrogens with zero attached hydrogens (tertiary/aromatic N) is 1. The lowest BCUT2D eigenvalue weighted by molar-refractivity contribution is -0.157. The average Bonchev–Trinajstić information content (AvgIpc) is 2.54. The Hall–Kier alpha value is -2.60. The van der Waals surface area contributed by atoms with Gasteiger partial charge in [-0.15, -0.1) is 0 Å². The Bertz CT molecular complexity index is 696. The van der Waals surface area contributed by atoms with Gasteiger partial charge in [-0.25, -0.2) is 0 Å². The van der Waals surface area contributed by atoms with Gasteiger partial charge in [-0.05, 0) is 31.9 Å². The van der Waals surface area contributed by atoms with Crippen LogP contribution in [0.4, 0.5) is 0 Å². The van der Waals surface area contributed by atoms with E-state index in [9.17, 15) is 10.1 Å². The molecule has 124 valence electrons. The second-order valence-electron chi connectivity index (χ2n) is 6.80. The Kier molecular flexibility index (Phi) is 5.76. The summed E-state index contributed by atoms with van der Waals surface area (Å²) in [6, 6.07) is 21.5. The van der Waals surface area contributed by atoms with E-state index in [1.807, 2.05) is 81.4 Å². The van der Waals surface area contributed by atoms with Crippen molar-refractivity contribution in [1.29, 1.82) is 5.26 Å². The summed E-state index contributed by atoms with van der Waals surface area (Å²) in [4.78, 5) is 12.9. The molecule has 0 fully saturated rings. The molecule has 0 unspecified atom stereocenters. The quantitative estimate of drug-likeness (QED) is 0.743. The second-order valence-corrected chi connectivity index (χ2v) is 6.80. The molecule has 0 N–H and O–H groups in total. The Labute approximate surface area is 143 Å². The van der Waals surface area contributed by atoms with Crippen molar-refractivity contribution in [2.45, 2.75) is 44.6 Å². The Balaban J connectivity index is 2.47. The van der Waals surface area contributed by atoms with Crippen molar-refractivity contribution in [2.24, 2.45) is 0 Å². The van der Waals surface area contributed by atoms with Crippen LogP contribution in [-0.2, 0) is 9.53 Å². The van der Waals surface area contributed by atoms with Crippen LogP contribution in [0.5, 0.6) is 0 Å². The number of carbonyl (C=O) groups is 1. The first-order valence-electron chi connectivity index (χ1n) is 8.12. The van der Waals surface area contributed by atoms with Crippen molar-refractivity contribution in [3.63, 3.8) is 0 Å². The fraction of sp³-hybridized carbons (Fsp3) is 0.333. The van der Waals surface area contributed by atoms with Crippen LogP contribution in [0.1, 0.15) is 50.2 Å². The molecule has 3 nitrogen and oxygen atoms in total. The lowest BCUT2D eigenvalue weighted by Crippen LogP contribution is -2.30. The van der Waals surface area contributed by atoms with E-state index in [4.69, 9.17) is 4.74 Å². The van der Waals surface area contributed by atoms with Crippen LogP contribution < -0.4 is 0 Å². The van der Waals surface area contributed by atoms with Gasteiger partial charge in [0.2, 0.25) is 0 Å². The summed E-state index contributed by atoms with van der Waals surface area (Å²) in [5.74, 6) is -1.04. The van der Waals surface area contributed by atoms with Crippen LogP contribution in [0, 0.1) is 11.3 Å².